The molecule has 2 aliphatic rings. The van der Waals surface area contributed by atoms with Crippen LogP contribution in [0.1, 0.15) is 45.1 Å². The van der Waals surface area contributed by atoms with Gasteiger partial charge in [0.2, 0.25) is 0 Å². The van der Waals surface area contributed by atoms with Gasteiger partial charge in [-0.05, 0) is 39.0 Å². The number of nitrogens with one attached hydrogen (secondary N) is 1. The third-order valence-corrected chi connectivity index (χ3v) is 5.28. The van der Waals surface area contributed by atoms with Gasteiger partial charge in [0.25, 0.3) is 0 Å². The van der Waals surface area contributed by atoms with Crippen molar-refractivity contribution in [2.45, 2.75) is 61.0 Å². The monoisotopic (exact) mass is 312 g/mol. The minimum Gasteiger partial charge on any atom is -0.465 e. The Bertz CT molecular complexity index is 594. The molecule has 2 unspecified atom stereocenters. The van der Waals surface area contributed by atoms with Gasteiger partial charge >= 0.3 is 11.7 Å². The van der Waals surface area contributed by atoms with E-state index >= 15 is 0 Å². The first kappa shape index (κ1) is 14.6. The van der Waals surface area contributed by atoms with Crippen molar-refractivity contribution in [3.05, 3.63) is 10.5 Å². The molecule has 8 heteroatoms. The topological polar surface area (TPSA) is 103 Å². The summed E-state index contributed by atoms with van der Waals surface area (Å²) < 4.78 is 6.78. The Hall–Kier alpha value is -1.28. The Kier molecular flexibility index (Phi) is 3.83. The highest BCUT2D eigenvalue weighted by molar-refractivity contribution is 7.99. The lowest BCUT2D eigenvalue weighted by atomic mass is 10.00. The molecular weight excluding hydrogens is 292 g/mol. The second-order valence-electron chi connectivity index (χ2n) is 5.77. The van der Waals surface area contributed by atoms with Gasteiger partial charge in [-0.3, -0.25) is 9.36 Å². The summed E-state index contributed by atoms with van der Waals surface area (Å²) in [5, 5.41) is 7.51. The molecule has 1 heterocycles. The molecule has 3 rings (SSSR count). The van der Waals surface area contributed by atoms with Crippen LogP contribution >= 0.6 is 11.8 Å². The van der Waals surface area contributed by atoms with E-state index in [0.29, 0.717) is 24.6 Å². The Labute approximate surface area is 126 Å². The molecule has 1 aromatic rings. The van der Waals surface area contributed by atoms with E-state index in [-0.39, 0.29) is 23.0 Å². The summed E-state index contributed by atoms with van der Waals surface area (Å²) in [6.07, 6.45) is 4.05. The predicted octanol–water partition coefficient (Wildman–Crippen LogP) is 0.811. The number of esters is 1. The number of nitrogens with two attached hydrogens (primary N) is 1. The minimum absolute atomic E-state index is 0.151. The van der Waals surface area contributed by atoms with Crippen molar-refractivity contribution in [1.29, 1.82) is 0 Å². The largest absolute Gasteiger partial charge is 0.465 e. The van der Waals surface area contributed by atoms with Gasteiger partial charge in [-0.2, -0.15) is 0 Å². The number of ether oxygens (including phenoxy) is 1. The summed E-state index contributed by atoms with van der Waals surface area (Å²) in [4.78, 5) is 23.7. The van der Waals surface area contributed by atoms with Gasteiger partial charge in [-0.25, -0.2) is 9.89 Å². The highest BCUT2D eigenvalue weighted by Gasteiger charge is 2.44. The molecule has 3 N–H and O–H groups in total. The van der Waals surface area contributed by atoms with Crippen molar-refractivity contribution in [3.8, 4) is 0 Å². The third-order valence-electron chi connectivity index (χ3n) is 4.04. The number of rotatable bonds is 5. The molecule has 2 saturated carbocycles. The third kappa shape index (κ3) is 2.87. The number of thioether (sulfide) groups is 1. The fraction of sp³-hybridized carbons (Fsp3) is 0.769. The Balaban J connectivity index is 1.67. The SMILES string of the molecule is CCOC(=O)C1(N)CCC(Sc2n[nH]c(=O)n2C2CC2)C1. The van der Waals surface area contributed by atoms with Crippen LogP contribution in [0.15, 0.2) is 9.95 Å². The van der Waals surface area contributed by atoms with E-state index in [0.717, 1.165) is 19.3 Å². The summed E-state index contributed by atoms with van der Waals surface area (Å²) >= 11 is 1.54. The number of nitrogens with zero attached hydrogens (tertiary/aromatic N) is 2. The number of H-pyrrole nitrogens is 1. The summed E-state index contributed by atoms with van der Waals surface area (Å²) in [5.74, 6) is -0.324. The van der Waals surface area contributed by atoms with Crippen LogP contribution in [-0.2, 0) is 9.53 Å². The molecule has 0 radical (unpaired) electrons. The lowest BCUT2D eigenvalue weighted by molar-refractivity contribution is -0.149. The van der Waals surface area contributed by atoms with Crippen LogP contribution < -0.4 is 11.4 Å². The fourth-order valence-corrected chi connectivity index (χ4v) is 4.13. The first-order valence-electron chi connectivity index (χ1n) is 7.33. The van der Waals surface area contributed by atoms with E-state index in [1.807, 2.05) is 0 Å². The maximum absolute atomic E-state index is 11.9. The maximum atomic E-state index is 11.9. The average Bonchev–Trinajstić information content (AvgIpc) is 3.11. The maximum Gasteiger partial charge on any atom is 0.344 e. The number of carbonyl (C=O) groups excluding carboxylic acids is 1. The zero-order valence-electron chi connectivity index (χ0n) is 12.0. The second kappa shape index (κ2) is 5.49. The van der Waals surface area contributed by atoms with Gasteiger partial charge in [0.1, 0.15) is 5.54 Å². The molecule has 2 atom stereocenters. The molecule has 1 aromatic heterocycles. The van der Waals surface area contributed by atoms with E-state index < -0.39 is 5.54 Å². The van der Waals surface area contributed by atoms with Gasteiger partial charge in [0, 0.05) is 11.3 Å². The zero-order valence-corrected chi connectivity index (χ0v) is 12.8. The van der Waals surface area contributed by atoms with Gasteiger partial charge in [0.05, 0.1) is 6.61 Å². The zero-order chi connectivity index (χ0) is 15.0. The molecule has 2 aliphatic carbocycles. The highest BCUT2D eigenvalue weighted by Crippen LogP contribution is 2.41. The van der Waals surface area contributed by atoms with Gasteiger partial charge in [0.15, 0.2) is 5.16 Å². The van der Waals surface area contributed by atoms with E-state index in [9.17, 15) is 9.59 Å². The van der Waals surface area contributed by atoms with Crippen molar-refractivity contribution >= 4 is 17.7 Å². The average molecular weight is 312 g/mol. The number of aromatic amines is 1. The van der Waals surface area contributed by atoms with Crippen molar-refractivity contribution < 1.29 is 9.53 Å². The minimum atomic E-state index is -0.894. The molecule has 21 heavy (non-hydrogen) atoms. The first-order valence-corrected chi connectivity index (χ1v) is 8.21. The molecule has 0 bridgehead atoms. The van der Waals surface area contributed by atoms with Gasteiger partial charge in [-0.15, -0.1) is 5.10 Å². The Morgan fingerprint density at radius 2 is 2.33 bits per heavy atom. The van der Waals surface area contributed by atoms with Crippen LogP contribution in [0.4, 0.5) is 0 Å². The van der Waals surface area contributed by atoms with E-state index in [2.05, 4.69) is 10.2 Å². The predicted molar refractivity (Wildman–Crippen MR) is 78.2 cm³/mol. The molecule has 0 aromatic carbocycles. The molecule has 2 fully saturated rings. The quantitative estimate of drug-likeness (QED) is 0.780. The normalized spacial score (nSPS) is 28.8. The molecular formula is C13H20N4O3S. The van der Waals surface area contributed by atoms with Crippen molar-refractivity contribution in [2.24, 2.45) is 5.73 Å². The van der Waals surface area contributed by atoms with Crippen LogP contribution in [0.5, 0.6) is 0 Å². The number of aromatic nitrogens is 3. The number of hydrogen-bond donors (Lipinski definition) is 2. The van der Waals surface area contributed by atoms with Crippen LogP contribution in [-0.4, -0.2) is 38.1 Å². The van der Waals surface area contributed by atoms with Crippen molar-refractivity contribution in [2.75, 3.05) is 6.61 Å². The Morgan fingerprint density at radius 1 is 1.57 bits per heavy atom. The highest BCUT2D eigenvalue weighted by atomic mass is 32.2. The van der Waals surface area contributed by atoms with Crippen LogP contribution in [0.2, 0.25) is 0 Å². The van der Waals surface area contributed by atoms with Crippen LogP contribution in [0.3, 0.4) is 0 Å². The summed E-state index contributed by atoms with van der Waals surface area (Å²) in [6, 6.07) is 0.285. The van der Waals surface area contributed by atoms with Crippen LogP contribution in [0.25, 0.3) is 0 Å². The molecule has 0 spiro atoms. The van der Waals surface area contributed by atoms with Gasteiger partial charge < -0.3 is 10.5 Å². The number of hydrogen-bond acceptors (Lipinski definition) is 6. The van der Waals surface area contributed by atoms with Crippen molar-refractivity contribution in [3.63, 3.8) is 0 Å². The second-order valence-corrected chi connectivity index (χ2v) is 7.04. The lowest BCUT2D eigenvalue weighted by Crippen LogP contribution is -2.47. The van der Waals surface area contributed by atoms with E-state index in [1.165, 1.54) is 11.8 Å². The first-order chi connectivity index (χ1) is 10.0. The fourth-order valence-electron chi connectivity index (χ4n) is 2.77. The smallest absolute Gasteiger partial charge is 0.344 e. The molecule has 7 nitrogen and oxygen atoms in total. The molecule has 0 amide bonds. The number of carbonyl (C=O) groups is 1. The van der Waals surface area contributed by atoms with Crippen molar-refractivity contribution in [1.82, 2.24) is 14.8 Å². The summed E-state index contributed by atoms with van der Waals surface area (Å²) in [6.45, 7) is 2.12. The molecule has 0 aliphatic heterocycles. The van der Waals surface area contributed by atoms with E-state index in [1.54, 1.807) is 11.5 Å². The van der Waals surface area contributed by atoms with Crippen LogP contribution in [0, 0.1) is 0 Å². The van der Waals surface area contributed by atoms with Gasteiger partial charge in [-0.1, -0.05) is 11.8 Å². The Morgan fingerprint density at radius 3 is 3.00 bits per heavy atom. The molecule has 0 saturated heterocycles. The standard InChI is InChI=1S/C13H20N4O3S/c1-2-20-10(18)13(14)6-5-9(7-13)21-12-16-15-11(19)17(12)8-3-4-8/h8-9H,2-7,14H2,1H3,(H,15,19). The summed E-state index contributed by atoms with van der Waals surface area (Å²) in [5.41, 5.74) is 5.12. The molecule has 116 valence electrons. The summed E-state index contributed by atoms with van der Waals surface area (Å²) in [7, 11) is 0. The van der Waals surface area contributed by atoms with E-state index in [4.69, 9.17) is 10.5 Å². The lowest BCUT2D eigenvalue weighted by Gasteiger charge is -2.21.